The maximum atomic E-state index is 12.0. The number of hydrogen-bond acceptors (Lipinski definition) is 5. The van der Waals surface area contributed by atoms with Crippen LogP contribution in [0.15, 0.2) is 28.8 Å². The summed E-state index contributed by atoms with van der Waals surface area (Å²) in [5.41, 5.74) is 4.88. The number of aromatic nitrogens is 1. The molecule has 2 N–H and O–H groups in total. The zero-order chi connectivity index (χ0) is 17.9. The monoisotopic (exact) mass is 343 g/mol. The number of ether oxygens (including phenoxy) is 1. The van der Waals surface area contributed by atoms with E-state index in [9.17, 15) is 22.8 Å². The molecule has 1 heterocycles. The van der Waals surface area contributed by atoms with Crippen molar-refractivity contribution in [2.24, 2.45) is 0 Å². The highest BCUT2D eigenvalue weighted by atomic mass is 19.4. The van der Waals surface area contributed by atoms with E-state index in [1.54, 1.807) is 6.92 Å². The maximum absolute atomic E-state index is 12.0. The van der Waals surface area contributed by atoms with Crippen LogP contribution in [-0.2, 0) is 0 Å². The lowest BCUT2D eigenvalue weighted by molar-refractivity contribution is -0.274. The number of nitrogens with one attached hydrogen (secondary N) is 2. The van der Waals surface area contributed by atoms with Gasteiger partial charge in [0.1, 0.15) is 17.1 Å². The van der Waals surface area contributed by atoms with Crippen molar-refractivity contribution in [1.29, 1.82) is 0 Å². The van der Waals surface area contributed by atoms with Crippen molar-refractivity contribution in [2.75, 3.05) is 0 Å². The minimum atomic E-state index is -4.81. The molecule has 0 aliphatic heterocycles. The van der Waals surface area contributed by atoms with E-state index in [0.717, 1.165) is 24.3 Å². The van der Waals surface area contributed by atoms with Crippen molar-refractivity contribution >= 4 is 11.8 Å². The number of carbonyl (C=O) groups is 2. The first-order valence-electron chi connectivity index (χ1n) is 6.57. The van der Waals surface area contributed by atoms with Gasteiger partial charge in [-0.1, -0.05) is 5.16 Å². The Hall–Kier alpha value is -3.04. The second-order valence-corrected chi connectivity index (χ2v) is 4.68. The highest BCUT2D eigenvalue weighted by molar-refractivity contribution is 6.00. The van der Waals surface area contributed by atoms with Gasteiger partial charge in [0, 0.05) is 5.56 Å². The molecule has 0 atom stereocenters. The Balaban J connectivity index is 1.96. The van der Waals surface area contributed by atoms with Gasteiger partial charge in [-0.3, -0.25) is 20.4 Å². The van der Waals surface area contributed by atoms with Crippen LogP contribution < -0.4 is 15.6 Å². The highest BCUT2D eigenvalue weighted by Gasteiger charge is 2.31. The Morgan fingerprint density at radius 1 is 1.08 bits per heavy atom. The fourth-order valence-corrected chi connectivity index (χ4v) is 1.86. The summed E-state index contributed by atoms with van der Waals surface area (Å²) in [6.07, 6.45) is -4.81. The molecule has 2 amide bonds. The normalized spacial score (nSPS) is 11.0. The van der Waals surface area contributed by atoms with Crippen molar-refractivity contribution in [3.8, 4) is 5.75 Å². The van der Waals surface area contributed by atoms with Crippen LogP contribution in [0.4, 0.5) is 13.2 Å². The van der Waals surface area contributed by atoms with Gasteiger partial charge in [-0.25, -0.2) is 0 Å². The average molecular weight is 343 g/mol. The number of alkyl halides is 3. The van der Waals surface area contributed by atoms with Gasteiger partial charge in [-0.15, -0.1) is 13.2 Å². The molecule has 7 nitrogen and oxygen atoms in total. The van der Waals surface area contributed by atoms with Gasteiger partial charge in [0.05, 0.1) is 5.69 Å². The molecule has 0 fully saturated rings. The average Bonchev–Trinajstić information content (AvgIpc) is 2.83. The van der Waals surface area contributed by atoms with Crippen LogP contribution in [0.25, 0.3) is 0 Å². The minimum Gasteiger partial charge on any atom is -0.406 e. The molecule has 24 heavy (non-hydrogen) atoms. The molecule has 0 radical (unpaired) electrons. The molecule has 2 aromatic rings. The number of benzene rings is 1. The van der Waals surface area contributed by atoms with E-state index in [2.05, 4.69) is 20.7 Å². The lowest BCUT2D eigenvalue weighted by atomic mass is 10.2. The van der Waals surface area contributed by atoms with Gasteiger partial charge in [-0.05, 0) is 38.1 Å². The third-order valence-corrected chi connectivity index (χ3v) is 2.90. The van der Waals surface area contributed by atoms with Crippen LogP contribution in [0.2, 0.25) is 0 Å². The Bertz CT molecular complexity index is 734. The first-order valence-corrected chi connectivity index (χ1v) is 6.57. The van der Waals surface area contributed by atoms with E-state index in [1.165, 1.54) is 6.92 Å². The molecule has 0 aliphatic rings. The van der Waals surface area contributed by atoms with Crippen LogP contribution in [-0.4, -0.2) is 23.3 Å². The largest absolute Gasteiger partial charge is 0.573 e. The number of hydrogen-bond donors (Lipinski definition) is 2. The standard InChI is InChI=1S/C14H12F3N3O4/c1-7-11(8(2)24-20-7)13(22)19-18-12(21)9-3-5-10(6-4-9)23-14(15,16)17/h3-6H,1-2H3,(H,18,21)(H,19,22). The second-order valence-electron chi connectivity index (χ2n) is 4.68. The number of halogens is 3. The maximum Gasteiger partial charge on any atom is 0.573 e. The van der Waals surface area contributed by atoms with E-state index in [1.807, 2.05) is 0 Å². The van der Waals surface area contributed by atoms with Gasteiger partial charge in [0.15, 0.2) is 0 Å². The second kappa shape index (κ2) is 6.60. The van der Waals surface area contributed by atoms with Crippen LogP contribution in [0.1, 0.15) is 32.2 Å². The van der Waals surface area contributed by atoms with Crippen LogP contribution in [0.5, 0.6) is 5.75 Å². The summed E-state index contributed by atoms with van der Waals surface area (Å²) in [5, 5.41) is 3.61. The summed E-state index contributed by atoms with van der Waals surface area (Å²) in [5.74, 6) is -1.52. The highest BCUT2D eigenvalue weighted by Crippen LogP contribution is 2.22. The van der Waals surface area contributed by atoms with E-state index in [0.29, 0.717) is 5.69 Å². The Morgan fingerprint density at radius 3 is 2.17 bits per heavy atom. The molecule has 0 aliphatic carbocycles. The van der Waals surface area contributed by atoms with Crippen molar-refractivity contribution < 1.29 is 32.0 Å². The molecular weight excluding hydrogens is 331 g/mol. The van der Waals surface area contributed by atoms with E-state index in [-0.39, 0.29) is 16.9 Å². The quantitative estimate of drug-likeness (QED) is 0.834. The Morgan fingerprint density at radius 2 is 1.67 bits per heavy atom. The molecule has 0 spiro atoms. The van der Waals surface area contributed by atoms with Gasteiger partial charge in [-0.2, -0.15) is 0 Å². The molecular formula is C14H12F3N3O4. The van der Waals surface area contributed by atoms with Gasteiger partial charge >= 0.3 is 6.36 Å². The zero-order valence-electron chi connectivity index (χ0n) is 12.5. The van der Waals surface area contributed by atoms with Gasteiger partial charge in [0.25, 0.3) is 11.8 Å². The van der Waals surface area contributed by atoms with E-state index in [4.69, 9.17) is 4.52 Å². The summed E-state index contributed by atoms with van der Waals surface area (Å²) in [6, 6.07) is 4.22. The number of amides is 2. The molecule has 2 rings (SSSR count). The number of carbonyl (C=O) groups excluding carboxylic acids is 2. The summed E-state index contributed by atoms with van der Waals surface area (Å²) < 4.78 is 44.7. The van der Waals surface area contributed by atoms with Crippen molar-refractivity contribution in [1.82, 2.24) is 16.0 Å². The Kier molecular flexibility index (Phi) is 4.77. The lowest BCUT2D eigenvalue weighted by Gasteiger charge is -2.10. The molecule has 128 valence electrons. The van der Waals surface area contributed by atoms with Crippen molar-refractivity contribution in [3.63, 3.8) is 0 Å². The third kappa shape index (κ3) is 4.24. The lowest BCUT2D eigenvalue weighted by Crippen LogP contribution is -2.41. The van der Waals surface area contributed by atoms with Crippen LogP contribution in [0, 0.1) is 13.8 Å². The molecule has 0 unspecified atom stereocenters. The van der Waals surface area contributed by atoms with Crippen molar-refractivity contribution in [3.05, 3.63) is 46.8 Å². The summed E-state index contributed by atoms with van der Waals surface area (Å²) in [6.45, 7) is 3.10. The topological polar surface area (TPSA) is 93.5 Å². The molecule has 0 saturated heterocycles. The summed E-state index contributed by atoms with van der Waals surface area (Å²) >= 11 is 0. The predicted octanol–water partition coefficient (Wildman–Crippen LogP) is 2.26. The van der Waals surface area contributed by atoms with E-state index >= 15 is 0 Å². The zero-order valence-corrected chi connectivity index (χ0v) is 12.5. The first kappa shape index (κ1) is 17.3. The first-order chi connectivity index (χ1) is 11.2. The van der Waals surface area contributed by atoms with Gasteiger partial charge < -0.3 is 9.26 Å². The van der Waals surface area contributed by atoms with Crippen LogP contribution in [0.3, 0.4) is 0 Å². The summed E-state index contributed by atoms with van der Waals surface area (Å²) in [7, 11) is 0. The number of hydrazine groups is 1. The molecule has 0 bridgehead atoms. The van der Waals surface area contributed by atoms with Crippen LogP contribution >= 0.6 is 0 Å². The third-order valence-electron chi connectivity index (χ3n) is 2.90. The molecule has 10 heteroatoms. The SMILES string of the molecule is Cc1noc(C)c1C(=O)NNC(=O)c1ccc(OC(F)(F)F)cc1. The number of nitrogens with zero attached hydrogens (tertiary/aromatic N) is 1. The fourth-order valence-electron chi connectivity index (χ4n) is 1.86. The molecule has 0 saturated carbocycles. The van der Waals surface area contributed by atoms with Gasteiger partial charge in [0.2, 0.25) is 0 Å². The predicted molar refractivity (Wildman–Crippen MR) is 74.0 cm³/mol. The fraction of sp³-hybridized carbons (Fsp3) is 0.214. The number of rotatable bonds is 3. The van der Waals surface area contributed by atoms with Crippen molar-refractivity contribution in [2.45, 2.75) is 20.2 Å². The summed E-state index contributed by atoms with van der Waals surface area (Å²) in [4.78, 5) is 23.8. The molecule has 1 aromatic heterocycles. The van der Waals surface area contributed by atoms with E-state index < -0.39 is 23.9 Å². The Labute approximate surface area is 133 Å². The number of aryl methyl sites for hydroxylation is 2. The molecule has 1 aromatic carbocycles. The smallest absolute Gasteiger partial charge is 0.406 e. The minimum absolute atomic E-state index is 0.0311.